The summed E-state index contributed by atoms with van der Waals surface area (Å²) < 4.78 is 0. The number of hydrogen-bond donors (Lipinski definition) is 2. The van der Waals surface area contributed by atoms with Gasteiger partial charge in [0.25, 0.3) is 0 Å². The van der Waals surface area contributed by atoms with Crippen molar-refractivity contribution in [1.82, 2.24) is 4.98 Å². The van der Waals surface area contributed by atoms with Crippen molar-refractivity contribution < 1.29 is 0 Å². The fourth-order valence-electron chi connectivity index (χ4n) is 2.04. The number of anilines is 4. The van der Waals surface area contributed by atoms with E-state index in [2.05, 4.69) is 41.2 Å². The Bertz CT molecular complexity index is 565. The largest absolute Gasteiger partial charge is 0.396 e. The van der Waals surface area contributed by atoms with Crippen LogP contribution in [0.25, 0.3) is 0 Å². The molecule has 0 saturated carbocycles. The van der Waals surface area contributed by atoms with Gasteiger partial charge < -0.3 is 16.0 Å². The Kier molecular flexibility index (Phi) is 4.69. The summed E-state index contributed by atoms with van der Waals surface area (Å²) in [5.74, 6) is 0.616. The lowest BCUT2D eigenvalue weighted by molar-refractivity contribution is 0.866. The molecule has 0 saturated heterocycles. The number of nitrogens with two attached hydrogens (primary N) is 1. The molecule has 0 aliphatic rings. The zero-order valence-electron chi connectivity index (χ0n) is 11.7. The summed E-state index contributed by atoms with van der Waals surface area (Å²) in [6, 6.07) is 9.89. The van der Waals surface area contributed by atoms with E-state index in [1.807, 2.05) is 12.1 Å². The topological polar surface area (TPSA) is 54.2 Å². The highest BCUT2D eigenvalue weighted by molar-refractivity contribution is 6.30. The average molecular weight is 291 g/mol. The number of pyridine rings is 1. The molecule has 0 aliphatic heterocycles. The molecule has 0 atom stereocenters. The van der Waals surface area contributed by atoms with Gasteiger partial charge in [-0.2, -0.15) is 0 Å². The van der Waals surface area contributed by atoms with Gasteiger partial charge in [-0.3, -0.25) is 0 Å². The molecular weight excluding hydrogens is 272 g/mol. The SMILES string of the molecule is CCN(CC)c1ccc(Nc2ncc(Cl)cc2N)cc1. The first-order chi connectivity index (χ1) is 9.63. The first-order valence-corrected chi connectivity index (χ1v) is 7.05. The minimum Gasteiger partial charge on any atom is -0.396 e. The molecule has 0 amide bonds. The third-order valence-electron chi connectivity index (χ3n) is 3.14. The second-order valence-corrected chi connectivity index (χ2v) is 4.87. The van der Waals surface area contributed by atoms with Crippen LogP contribution in [0.3, 0.4) is 0 Å². The molecule has 0 unspecified atom stereocenters. The van der Waals surface area contributed by atoms with Crippen LogP contribution in [0.5, 0.6) is 0 Å². The van der Waals surface area contributed by atoms with Crippen molar-refractivity contribution >= 4 is 34.5 Å². The van der Waals surface area contributed by atoms with Gasteiger partial charge in [0.1, 0.15) is 0 Å². The lowest BCUT2D eigenvalue weighted by Gasteiger charge is -2.21. The summed E-state index contributed by atoms with van der Waals surface area (Å²) in [6.07, 6.45) is 1.57. The number of benzene rings is 1. The maximum absolute atomic E-state index is 5.87. The normalized spacial score (nSPS) is 10.3. The Morgan fingerprint density at radius 2 is 1.85 bits per heavy atom. The van der Waals surface area contributed by atoms with Gasteiger partial charge in [0.05, 0.1) is 10.7 Å². The molecule has 4 nitrogen and oxygen atoms in total. The van der Waals surface area contributed by atoms with Crippen LogP contribution >= 0.6 is 11.6 Å². The third-order valence-corrected chi connectivity index (χ3v) is 3.35. The zero-order valence-corrected chi connectivity index (χ0v) is 12.5. The van der Waals surface area contributed by atoms with Gasteiger partial charge in [-0.15, -0.1) is 0 Å². The molecule has 2 aromatic rings. The van der Waals surface area contributed by atoms with Crippen molar-refractivity contribution in [2.24, 2.45) is 0 Å². The van der Waals surface area contributed by atoms with E-state index in [1.165, 1.54) is 5.69 Å². The molecule has 0 bridgehead atoms. The molecule has 0 aliphatic carbocycles. The summed E-state index contributed by atoms with van der Waals surface area (Å²) in [4.78, 5) is 6.47. The number of hydrogen-bond acceptors (Lipinski definition) is 4. The molecule has 106 valence electrons. The summed E-state index contributed by atoms with van der Waals surface area (Å²) in [7, 11) is 0. The molecule has 0 spiro atoms. The number of nitrogens with zero attached hydrogens (tertiary/aromatic N) is 2. The number of rotatable bonds is 5. The summed E-state index contributed by atoms with van der Waals surface area (Å²) in [5.41, 5.74) is 8.56. The fraction of sp³-hybridized carbons (Fsp3) is 0.267. The van der Waals surface area contributed by atoms with Gasteiger partial charge >= 0.3 is 0 Å². The second kappa shape index (κ2) is 6.48. The van der Waals surface area contributed by atoms with E-state index in [0.717, 1.165) is 18.8 Å². The van der Waals surface area contributed by atoms with Crippen molar-refractivity contribution in [1.29, 1.82) is 0 Å². The van der Waals surface area contributed by atoms with Gasteiger partial charge in [-0.05, 0) is 44.2 Å². The highest BCUT2D eigenvalue weighted by atomic mass is 35.5. The molecule has 5 heteroatoms. The van der Waals surface area contributed by atoms with Crippen molar-refractivity contribution in [2.45, 2.75) is 13.8 Å². The van der Waals surface area contributed by atoms with Crippen molar-refractivity contribution in [3.8, 4) is 0 Å². The van der Waals surface area contributed by atoms with E-state index in [1.54, 1.807) is 12.3 Å². The van der Waals surface area contributed by atoms with Gasteiger partial charge in [0.15, 0.2) is 5.82 Å². The Morgan fingerprint density at radius 3 is 2.40 bits per heavy atom. The van der Waals surface area contributed by atoms with Crippen LogP contribution in [0.4, 0.5) is 22.9 Å². The number of halogens is 1. The molecule has 1 aromatic heterocycles. The van der Waals surface area contributed by atoms with E-state index >= 15 is 0 Å². The summed E-state index contributed by atoms with van der Waals surface area (Å²) in [6.45, 7) is 6.28. The first kappa shape index (κ1) is 14.5. The monoisotopic (exact) mass is 290 g/mol. The van der Waals surface area contributed by atoms with Gasteiger partial charge in [-0.1, -0.05) is 11.6 Å². The minimum absolute atomic E-state index is 0.532. The Morgan fingerprint density at radius 1 is 1.20 bits per heavy atom. The van der Waals surface area contributed by atoms with Crippen molar-refractivity contribution in [3.63, 3.8) is 0 Å². The molecule has 2 rings (SSSR count). The molecule has 1 aromatic carbocycles. The lowest BCUT2D eigenvalue weighted by atomic mass is 10.2. The van der Waals surface area contributed by atoms with E-state index in [0.29, 0.717) is 16.5 Å². The van der Waals surface area contributed by atoms with Crippen LogP contribution in [0.15, 0.2) is 36.5 Å². The van der Waals surface area contributed by atoms with E-state index in [-0.39, 0.29) is 0 Å². The smallest absolute Gasteiger partial charge is 0.153 e. The van der Waals surface area contributed by atoms with Gasteiger partial charge in [-0.25, -0.2) is 4.98 Å². The fourth-order valence-corrected chi connectivity index (χ4v) is 2.21. The van der Waals surface area contributed by atoms with Crippen LogP contribution in [-0.2, 0) is 0 Å². The standard InChI is InChI=1S/C15H19ClN4/c1-3-20(4-2)13-7-5-12(6-8-13)19-15-14(17)9-11(16)10-18-15/h5-10H,3-4,17H2,1-2H3,(H,18,19). The maximum atomic E-state index is 5.87. The van der Waals surface area contributed by atoms with Crippen LogP contribution in [0.1, 0.15) is 13.8 Å². The molecule has 0 fully saturated rings. The molecule has 3 N–H and O–H groups in total. The van der Waals surface area contributed by atoms with Gasteiger partial charge in [0, 0.05) is 30.7 Å². The quantitative estimate of drug-likeness (QED) is 0.877. The highest BCUT2D eigenvalue weighted by Crippen LogP contribution is 2.25. The number of nitrogens with one attached hydrogen (secondary N) is 1. The third kappa shape index (κ3) is 3.33. The second-order valence-electron chi connectivity index (χ2n) is 4.44. The Labute approximate surface area is 124 Å². The van der Waals surface area contributed by atoms with E-state index in [4.69, 9.17) is 17.3 Å². The number of aromatic nitrogens is 1. The minimum atomic E-state index is 0.532. The van der Waals surface area contributed by atoms with Crippen molar-refractivity contribution in [3.05, 3.63) is 41.6 Å². The predicted octanol–water partition coefficient (Wildman–Crippen LogP) is 3.91. The number of nitrogen functional groups attached to an aromatic ring is 1. The Balaban J connectivity index is 2.14. The van der Waals surface area contributed by atoms with Crippen LogP contribution < -0.4 is 16.0 Å². The van der Waals surface area contributed by atoms with Crippen LogP contribution in [-0.4, -0.2) is 18.1 Å². The average Bonchev–Trinajstić information content (AvgIpc) is 2.45. The lowest BCUT2D eigenvalue weighted by Crippen LogP contribution is -2.21. The first-order valence-electron chi connectivity index (χ1n) is 6.67. The zero-order chi connectivity index (χ0) is 14.5. The molecular formula is C15H19ClN4. The predicted molar refractivity (Wildman–Crippen MR) is 86.9 cm³/mol. The molecule has 20 heavy (non-hydrogen) atoms. The van der Waals surface area contributed by atoms with Crippen LogP contribution in [0, 0.1) is 0 Å². The molecule has 1 heterocycles. The maximum Gasteiger partial charge on any atom is 0.153 e. The summed E-state index contributed by atoms with van der Waals surface area (Å²) >= 11 is 5.83. The van der Waals surface area contributed by atoms with Crippen molar-refractivity contribution in [2.75, 3.05) is 29.0 Å². The summed E-state index contributed by atoms with van der Waals surface area (Å²) in [5, 5.41) is 3.72. The molecule has 0 radical (unpaired) electrons. The Hall–Kier alpha value is -1.94. The highest BCUT2D eigenvalue weighted by Gasteiger charge is 2.04. The van der Waals surface area contributed by atoms with Gasteiger partial charge in [0.2, 0.25) is 0 Å². The van der Waals surface area contributed by atoms with Crippen LogP contribution in [0.2, 0.25) is 5.02 Å². The van der Waals surface area contributed by atoms with E-state index in [9.17, 15) is 0 Å². The van der Waals surface area contributed by atoms with E-state index < -0.39 is 0 Å².